The topological polar surface area (TPSA) is 76.5 Å². The first-order valence-corrected chi connectivity index (χ1v) is 9.24. The van der Waals surface area contributed by atoms with Crippen molar-refractivity contribution in [2.45, 2.75) is 38.8 Å². The Balaban J connectivity index is 1.51. The molecule has 1 saturated heterocycles. The van der Waals surface area contributed by atoms with Gasteiger partial charge in [-0.3, -0.25) is 9.48 Å². The number of rotatable bonds is 4. The number of nitrogens with one attached hydrogen (secondary N) is 1. The molecular formula is C19H22ClFN4O3. The molecule has 1 N–H and O–H groups in total. The third-order valence-corrected chi connectivity index (χ3v) is 4.37. The number of aromatic nitrogens is 2. The van der Waals surface area contributed by atoms with Crippen molar-refractivity contribution < 1.29 is 18.7 Å². The van der Waals surface area contributed by atoms with Crippen LogP contribution in [0.15, 0.2) is 30.6 Å². The van der Waals surface area contributed by atoms with Crippen LogP contribution in [0.2, 0.25) is 5.02 Å². The summed E-state index contributed by atoms with van der Waals surface area (Å²) in [6, 6.07) is 4.22. The lowest BCUT2D eigenvalue weighted by atomic mass is 10.1. The molecule has 0 radical (unpaired) electrons. The maximum absolute atomic E-state index is 13.8. The molecule has 28 heavy (non-hydrogen) atoms. The number of nitrogens with zero attached hydrogens (tertiary/aromatic N) is 3. The predicted molar refractivity (Wildman–Crippen MR) is 103 cm³/mol. The van der Waals surface area contributed by atoms with E-state index in [9.17, 15) is 14.0 Å². The van der Waals surface area contributed by atoms with Crippen LogP contribution in [0.5, 0.6) is 0 Å². The van der Waals surface area contributed by atoms with E-state index >= 15 is 0 Å². The van der Waals surface area contributed by atoms with Crippen LogP contribution >= 0.6 is 11.6 Å². The van der Waals surface area contributed by atoms with Crippen molar-refractivity contribution >= 4 is 29.3 Å². The van der Waals surface area contributed by atoms with Crippen LogP contribution < -0.4 is 5.32 Å². The lowest BCUT2D eigenvalue weighted by Crippen LogP contribution is -2.52. The zero-order valence-corrected chi connectivity index (χ0v) is 16.7. The molecule has 2 heterocycles. The summed E-state index contributed by atoms with van der Waals surface area (Å²) in [7, 11) is 0. The first-order chi connectivity index (χ1) is 13.1. The first-order valence-electron chi connectivity index (χ1n) is 8.86. The summed E-state index contributed by atoms with van der Waals surface area (Å²) in [5.74, 6) is -0.875. The van der Waals surface area contributed by atoms with Gasteiger partial charge in [0.05, 0.1) is 24.3 Å². The van der Waals surface area contributed by atoms with Crippen LogP contribution in [0.25, 0.3) is 0 Å². The first kappa shape index (κ1) is 20.1. The predicted octanol–water partition coefficient (Wildman–Crippen LogP) is 3.65. The standard InChI is InChI=1S/C19H22ClFN4O3/c1-19(2,3)28-18(27)24-10-15(11-24)25-9-14(8-22-25)23-17(26)6-12-4-5-13(20)7-16(12)21/h4-5,7-9,15H,6,10-11H2,1-3H3,(H,23,26). The Bertz CT molecular complexity index is 888. The van der Waals surface area contributed by atoms with Gasteiger partial charge in [0.25, 0.3) is 0 Å². The van der Waals surface area contributed by atoms with Gasteiger partial charge in [-0.25, -0.2) is 9.18 Å². The van der Waals surface area contributed by atoms with E-state index in [4.69, 9.17) is 16.3 Å². The van der Waals surface area contributed by atoms with Crippen LogP contribution in [0.4, 0.5) is 14.9 Å². The third kappa shape index (κ3) is 5.01. The second-order valence-electron chi connectivity index (χ2n) is 7.71. The van der Waals surface area contributed by atoms with Crippen LogP contribution in [-0.4, -0.2) is 45.4 Å². The number of amides is 2. The van der Waals surface area contributed by atoms with Crippen LogP contribution in [0, 0.1) is 5.82 Å². The number of benzene rings is 1. The molecule has 0 aliphatic carbocycles. The minimum Gasteiger partial charge on any atom is -0.444 e. The summed E-state index contributed by atoms with van der Waals surface area (Å²) in [5.41, 5.74) is 0.242. The van der Waals surface area contributed by atoms with Gasteiger partial charge in [0.1, 0.15) is 11.4 Å². The highest BCUT2D eigenvalue weighted by molar-refractivity contribution is 6.30. The van der Waals surface area contributed by atoms with Crippen molar-refractivity contribution in [3.05, 3.63) is 47.0 Å². The fourth-order valence-corrected chi connectivity index (χ4v) is 2.90. The van der Waals surface area contributed by atoms with E-state index < -0.39 is 11.4 Å². The van der Waals surface area contributed by atoms with Crippen molar-refractivity contribution in [2.24, 2.45) is 0 Å². The summed E-state index contributed by atoms with van der Waals surface area (Å²) >= 11 is 5.71. The molecule has 3 rings (SSSR count). The second kappa shape index (κ2) is 7.79. The summed E-state index contributed by atoms with van der Waals surface area (Å²) in [6.45, 7) is 6.43. The maximum Gasteiger partial charge on any atom is 0.410 e. The van der Waals surface area contributed by atoms with Gasteiger partial charge < -0.3 is 15.0 Å². The molecule has 1 aliphatic heterocycles. The molecule has 0 unspecified atom stereocenters. The molecular weight excluding hydrogens is 387 g/mol. The Morgan fingerprint density at radius 1 is 1.36 bits per heavy atom. The van der Waals surface area contributed by atoms with Gasteiger partial charge in [0.2, 0.25) is 5.91 Å². The Kier molecular flexibility index (Phi) is 5.60. The van der Waals surface area contributed by atoms with Crippen LogP contribution in [-0.2, 0) is 16.0 Å². The molecule has 1 aromatic heterocycles. The number of anilines is 1. The number of carbonyl (C=O) groups is 2. The summed E-state index contributed by atoms with van der Waals surface area (Å²) < 4.78 is 20.8. The number of carbonyl (C=O) groups excluding carboxylic acids is 2. The van der Waals surface area contributed by atoms with Crippen molar-refractivity contribution in [2.75, 3.05) is 18.4 Å². The van der Waals surface area contributed by atoms with Gasteiger partial charge in [-0.2, -0.15) is 5.10 Å². The Labute approximate surface area is 167 Å². The zero-order chi connectivity index (χ0) is 20.5. The Hall–Kier alpha value is -2.61. The molecule has 2 aromatic rings. The van der Waals surface area contributed by atoms with Gasteiger partial charge in [0, 0.05) is 24.3 Å². The van der Waals surface area contributed by atoms with E-state index in [1.165, 1.54) is 24.4 Å². The smallest absolute Gasteiger partial charge is 0.410 e. The SMILES string of the molecule is CC(C)(C)OC(=O)N1CC(n2cc(NC(=O)Cc3ccc(Cl)cc3F)cn2)C1. The van der Waals surface area contributed by atoms with E-state index in [-0.39, 0.29) is 35.0 Å². The average molecular weight is 409 g/mol. The monoisotopic (exact) mass is 408 g/mol. The number of halogens is 2. The van der Waals surface area contributed by atoms with Gasteiger partial charge in [-0.1, -0.05) is 17.7 Å². The molecule has 0 bridgehead atoms. The minimum atomic E-state index is -0.533. The van der Waals surface area contributed by atoms with Crippen LogP contribution in [0.3, 0.4) is 0 Å². The summed E-state index contributed by atoms with van der Waals surface area (Å²) in [4.78, 5) is 25.7. The summed E-state index contributed by atoms with van der Waals surface area (Å²) in [6.07, 6.45) is 2.75. The molecule has 7 nitrogen and oxygen atoms in total. The normalized spacial score (nSPS) is 14.5. The lowest BCUT2D eigenvalue weighted by Gasteiger charge is -2.39. The minimum absolute atomic E-state index is 0.0203. The van der Waals surface area contributed by atoms with Crippen molar-refractivity contribution in [1.29, 1.82) is 0 Å². The molecule has 0 spiro atoms. The largest absolute Gasteiger partial charge is 0.444 e. The van der Waals surface area contributed by atoms with Crippen LogP contribution in [0.1, 0.15) is 32.4 Å². The highest BCUT2D eigenvalue weighted by Crippen LogP contribution is 2.24. The van der Waals surface area contributed by atoms with E-state index in [2.05, 4.69) is 10.4 Å². The number of hydrogen-bond acceptors (Lipinski definition) is 4. The van der Waals surface area contributed by atoms with Gasteiger partial charge in [0.15, 0.2) is 0 Å². The lowest BCUT2D eigenvalue weighted by molar-refractivity contribution is -0.115. The average Bonchev–Trinajstić information content (AvgIpc) is 2.94. The zero-order valence-electron chi connectivity index (χ0n) is 15.9. The van der Waals surface area contributed by atoms with E-state index in [0.717, 1.165) is 0 Å². The number of ether oxygens (including phenoxy) is 1. The maximum atomic E-state index is 13.8. The third-order valence-electron chi connectivity index (χ3n) is 4.14. The quantitative estimate of drug-likeness (QED) is 0.837. The molecule has 9 heteroatoms. The fourth-order valence-electron chi connectivity index (χ4n) is 2.74. The summed E-state index contributed by atoms with van der Waals surface area (Å²) in [5, 5.41) is 7.20. The highest BCUT2D eigenvalue weighted by Gasteiger charge is 2.35. The van der Waals surface area contributed by atoms with Gasteiger partial charge in [-0.05, 0) is 38.5 Å². The molecule has 1 fully saturated rings. The van der Waals surface area contributed by atoms with Gasteiger partial charge in [-0.15, -0.1) is 0 Å². The number of hydrogen-bond donors (Lipinski definition) is 1. The molecule has 150 valence electrons. The van der Waals surface area contributed by atoms with Crippen molar-refractivity contribution in [3.63, 3.8) is 0 Å². The Morgan fingerprint density at radius 3 is 2.71 bits per heavy atom. The molecule has 1 aromatic carbocycles. The Morgan fingerprint density at radius 2 is 2.07 bits per heavy atom. The molecule has 0 saturated carbocycles. The van der Waals surface area contributed by atoms with E-state index in [1.54, 1.807) is 15.8 Å². The highest BCUT2D eigenvalue weighted by atomic mass is 35.5. The molecule has 2 amide bonds. The fraction of sp³-hybridized carbons (Fsp3) is 0.421. The number of likely N-dealkylation sites (tertiary alicyclic amines) is 1. The second-order valence-corrected chi connectivity index (χ2v) is 8.15. The van der Waals surface area contributed by atoms with Crippen molar-refractivity contribution in [3.8, 4) is 0 Å². The molecule has 1 aliphatic rings. The van der Waals surface area contributed by atoms with E-state index in [1.807, 2.05) is 20.8 Å². The van der Waals surface area contributed by atoms with E-state index in [0.29, 0.717) is 18.8 Å². The molecule has 0 atom stereocenters. The van der Waals surface area contributed by atoms with Gasteiger partial charge >= 0.3 is 6.09 Å². The van der Waals surface area contributed by atoms with Crippen molar-refractivity contribution in [1.82, 2.24) is 14.7 Å².